The number of nitrogens with zero attached hydrogens (tertiary/aromatic N) is 2. The smallest absolute Gasteiger partial charge is 0.270 e. The molecule has 2 aliphatic rings. The minimum Gasteiger partial charge on any atom is -0.378 e. The average molecular weight is 422 g/mol. The van der Waals surface area contributed by atoms with Crippen LogP contribution in [0.25, 0.3) is 6.08 Å². The highest BCUT2D eigenvalue weighted by Gasteiger charge is 2.34. The van der Waals surface area contributed by atoms with Gasteiger partial charge in [-0.2, -0.15) is 0 Å². The molecule has 2 saturated heterocycles. The zero-order valence-electron chi connectivity index (χ0n) is 17.0. The van der Waals surface area contributed by atoms with Crippen LogP contribution in [0.3, 0.4) is 0 Å². The molecule has 0 radical (unpaired) electrons. The Bertz CT molecular complexity index is 1040. The molecule has 0 aromatic heterocycles. The quantitative estimate of drug-likeness (QED) is 0.469. The Morgan fingerprint density at radius 1 is 0.967 bits per heavy atom. The Morgan fingerprint density at radius 3 is 2.30 bits per heavy atom. The third-order valence-electron chi connectivity index (χ3n) is 5.43. The van der Waals surface area contributed by atoms with E-state index in [9.17, 15) is 9.59 Å². The van der Waals surface area contributed by atoms with Crippen molar-refractivity contribution in [3.8, 4) is 0 Å². The molecule has 0 saturated carbocycles. The van der Waals surface area contributed by atoms with Crippen molar-refractivity contribution in [3.63, 3.8) is 0 Å². The first kappa shape index (κ1) is 20.3. The molecule has 30 heavy (non-hydrogen) atoms. The summed E-state index contributed by atoms with van der Waals surface area (Å²) in [7, 11) is 0. The lowest BCUT2D eigenvalue weighted by Gasteiger charge is -2.29. The highest BCUT2D eigenvalue weighted by Crippen LogP contribution is 2.25. The average Bonchev–Trinajstić information content (AvgIpc) is 2.74. The van der Waals surface area contributed by atoms with Gasteiger partial charge in [0.25, 0.3) is 11.8 Å². The molecule has 7 heteroatoms. The predicted molar refractivity (Wildman–Crippen MR) is 122 cm³/mol. The number of amides is 2. The largest absolute Gasteiger partial charge is 0.378 e. The molecule has 2 amide bonds. The third-order valence-corrected chi connectivity index (χ3v) is 5.72. The van der Waals surface area contributed by atoms with Gasteiger partial charge >= 0.3 is 0 Å². The van der Waals surface area contributed by atoms with Gasteiger partial charge in [-0.3, -0.25) is 19.8 Å². The number of thiocarbonyl (C=S) groups is 1. The van der Waals surface area contributed by atoms with Gasteiger partial charge in [0, 0.05) is 18.8 Å². The lowest BCUT2D eigenvalue weighted by molar-refractivity contribution is -0.122. The number of rotatable bonds is 3. The molecular weight excluding hydrogens is 398 g/mol. The van der Waals surface area contributed by atoms with Crippen LogP contribution >= 0.6 is 12.2 Å². The van der Waals surface area contributed by atoms with Crippen molar-refractivity contribution in [1.82, 2.24) is 5.32 Å². The van der Waals surface area contributed by atoms with E-state index in [1.165, 1.54) is 4.90 Å². The second kappa shape index (κ2) is 8.38. The van der Waals surface area contributed by atoms with E-state index in [2.05, 4.69) is 10.2 Å². The molecule has 0 atom stereocenters. The lowest BCUT2D eigenvalue weighted by atomic mass is 10.0. The summed E-state index contributed by atoms with van der Waals surface area (Å²) in [5.74, 6) is -0.911. The van der Waals surface area contributed by atoms with E-state index in [0.717, 1.165) is 35.5 Å². The van der Waals surface area contributed by atoms with E-state index in [4.69, 9.17) is 17.0 Å². The summed E-state index contributed by atoms with van der Waals surface area (Å²) in [6.07, 6.45) is 1.61. The predicted octanol–water partition coefficient (Wildman–Crippen LogP) is 2.97. The van der Waals surface area contributed by atoms with E-state index < -0.39 is 11.8 Å². The molecule has 0 bridgehead atoms. The first-order valence-corrected chi connectivity index (χ1v) is 10.3. The molecular formula is C23H23N3O3S. The van der Waals surface area contributed by atoms with Crippen LogP contribution in [-0.4, -0.2) is 43.2 Å². The van der Waals surface area contributed by atoms with E-state index >= 15 is 0 Å². The maximum absolute atomic E-state index is 13.1. The van der Waals surface area contributed by atoms with Gasteiger partial charge in [-0.25, -0.2) is 0 Å². The molecule has 2 aromatic carbocycles. The fraction of sp³-hybridized carbons (Fsp3) is 0.261. The molecule has 1 N–H and O–H groups in total. The lowest BCUT2D eigenvalue weighted by Crippen LogP contribution is -2.54. The van der Waals surface area contributed by atoms with Crippen LogP contribution in [0.2, 0.25) is 0 Å². The molecule has 0 spiro atoms. The number of hydrogen-bond donors (Lipinski definition) is 1. The Labute approximate surface area is 181 Å². The van der Waals surface area contributed by atoms with Gasteiger partial charge in [-0.1, -0.05) is 18.2 Å². The molecule has 6 nitrogen and oxygen atoms in total. The molecule has 4 rings (SSSR count). The molecule has 2 fully saturated rings. The van der Waals surface area contributed by atoms with Crippen LogP contribution in [0.1, 0.15) is 16.7 Å². The summed E-state index contributed by atoms with van der Waals surface area (Å²) in [5.41, 5.74) is 4.73. The minimum absolute atomic E-state index is 0.0564. The van der Waals surface area contributed by atoms with Crippen LogP contribution < -0.4 is 15.1 Å². The van der Waals surface area contributed by atoms with Gasteiger partial charge in [0.1, 0.15) is 5.57 Å². The Balaban J connectivity index is 1.61. The molecule has 2 heterocycles. The normalized spacial score (nSPS) is 18.7. The number of morpholine rings is 1. The molecule has 0 aliphatic carbocycles. The van der Waals surface area contributed by atoms with E-state index in [0.29, 0.717) is 18.9 Å². The number of anilines is 2. The maximum atomic E-state index is 13.1. The number of hydrogen-bond acceptors (Lipinski definition) is 5. The number of benzene rings is 2. The van der Waals surface area contributed by atoms with Gasteiger partial charge in [0.05, 0.1) is 18.9 Å². The van der Waals surface area contributed by atoms with Crippen LogP contribution in [-0.2, 0) is 14.3 Å². The van der Waals surface area contributed by atoms with Crippen molar-refractivity contribution >= 4 is 46.6 Å². The summed E-state index contributed by atoms with van der Waals surface area (Å²) in [6, 6.07) is 13.5. The summed E-state index contributed by atoms with van der Waals surface area (Å²) in [6.45, 7) is 7.11. The summed E-state index contributed by atoms with van der Waals surface area (Å²) < 4.78 is 5.39. The number of carbonyl (C=O) groups excluding carboxylic acids is 2. The van der Waals surface area contributed by atoms with Crippen molar-refractivity contribution < 1.29 is 14.3 Å². The highest BCUT2D eigenvalue weighted by atomic mass is 32.1. The zero-order chi connectivity index (χ0) is 21.3. The first-order chi connectivity index (χ1) is 14.4. The molecule has 2 aliphatic heterocycles. The first-order valence-electron chi connectivity index (χ1n) is 9.85. The molecule has 154 valence electrons. The topological polar surface area (TPSA) is 61.9 Å². The maximum Gasteiger partial charge on any atom is 0.270 e. The highest BCUT2D eigenvalue weighted by molar-refractivity contribution is 7.80. The molecule has 0 unspecified atom stereocenters. The summed E-state index contributed by atoms with van der Waals surface area (Å²) in [4.78, 5) is 29.3. The Morgan fingerprint density at radius 2 is 1.63 bits per heavy atom. The van der Waals surface area contributed by atoms with Crippen molar-refractivity contribution in [2.24, 2.45) is 0 Å². The SMILES string of the molecule is Cc1ccc(N2C(=O)/C(=C\c3ccc(N4CCOCC4)cc3)C(=O)NC2=S)cc1C. The van der Waals surface area contributed by atoms with Gasteiger partial charge in [-0.05, 0) is 73.1 Å². The minimum atomic E-state index is -0.484. The number of carbonyl (C=O) groups is 2. The van der Waals surface area contributed by atoms with E-state index in [1.54, 1.807) is 6.08 Å². The van der Waals surface area contributed by atoms with Crippen LogP contribution in [0, 0.1) is 13.8 Å². The number of ether oxygens (including phenoxy) is 1. The Kier molecular flexibility index (Phi) is 5.65. The van der Waals surface area contributed by atoms with Crippen molar-refractivity contribution in [2.45, 2.75) is 13.8 Å². The van der Waals surface area contributed by atoms with Gasteiger partial charge < -0.3 is 9.64 Å². The second-order valence-corrected chi connectivity index (χ2v) is 7.80. The van der Waals surface area contributed by atoms with Crippen molar-refractivity contribution in [2.75, 3.05) is 36.1 Å². The fourth-order valence-corrected chi connectivity index (χ4v) is 3.81. The van der Waals surface area contributed by atoms with Crippen LogP contribution in [0.4, 0.5) is 11.4 Å². The molecule has 2 aromatic rings. The number of nitrogens with one attached hydrogen (secondary N) is 1. The van der Waals surface area contributed by atoms with Crippen LogP contribution in [0.5, 0.6) is 0 Å². The number of aryl methyl sites for hydroxylation is 2. The Hall–Kier alpha value is -3.03. The monoisotopic (exact) mass is 421 g/mol. The summed E-state index contributed by atoms with van der Waals surface area (Å²) in [5, 5.41) is 2.72. The second-order valence-electron chi connectivity index (χ2n) is 7.42. The van der Waals surface area contributed by atoms with E-state index in [-0.39, 0.29) is 10.7 Å². The zero-order valence-corrected chi connectivity index (χ0v) is 17.8. The van der Waals surface area contributed by atoms with Crippen LogP contribution in [0.15, 0.2) is 48.0 Å². The summed E-state index contributed by atoms with van der Waals surface area (Å²) >= 11 is 5.28. The standard InChI is InChI=1S/C23H23N3O3S/c1-15-3-6-19(13-16(15)2)26-22(28)20(21(27)24-23(26)30)14-17-4-7-18(8-5-17)25-9-11-29-12-10-25/h3-8,13-14H,9-12H2,1-2H3,(H,24,27,30)/b20-14-. The van der Waals surface area contributed by atoms with Gasteiger partial charge in [0.2, 0.25) is 0 Å². The fourth-order valence-electron chi connectivity index (χ4n) is 3.53. The van der Waals surface area contributed by atoms with Crippen molar-refractivity contribution in [1.29, 1.82) is 0 Å². The van der Waals surface area contributed by atoms with Crippen molar-refractivity contribution in [3.05, 3.63) is 64.7 Å². The van der Waals surface area contributed by atoms with Gasteiger partial charge in [0.15, 0.2) is 5.11 Å². The van der Waals surface area contributed by atoms with E-state index in [1.807, 2.05) is 56.3 Å². The van der Waals surface area contributed by atoms with Gasteiger partial charge in [-0.15, -0.1) is 0 Å². The third kappa shape index (κ3) is 3.99.